The van der Waals surface area contributed by atoms with Crippen molar-refractivity contribution >= 4 is 37.5 Å². The van der Waals surface area contributed by atoms with E-state index in [9.17, 15) is 0 Å². The van der Waals surface area contributed by atoms with E-state index in [0.717, 1.165) is 14.5 Å². The van der Waals surface area contributed by atoms with Gasteiger partial charge >= 0.3 is 0 Å². The van der Waals surface area contributed by atoms with Crippen LogP contribution in [-0.4, -0.2) is 15.1 Å². The van der Waals surface area contributed by atoms with Crippen molar-refractivity contribution < 1.29 is 4.52 Å². The molecule has 1 aromatic carbocycles. The minimum atomic E-state index is 0.422. The number of benzene rings is 1. The molecular formula is C13H8Br2N4O. The molecule has 3 aromatic rings. The topological polar surface area (TPSA) is 77.8 Å². The summed E-state index contributed by atoms with van der Waals surface area (Å²) in [5.74, 6) is 0.867. The van der Waals surface area contributed by atoms with E-state index >= 15 is 0 Å². The van der Waals surface area contributed by atoms with Crippen LogP contribution in [0.1, 0.15) is 0 Å². The van der Waals surface area contributed by atoms with Crippen molar-refractivity contribution in [3.63, 3.8) is 0 Å². The predicted octanol–water partition coefficient (Wildman–Crippen LogP) is 3.91. The lowest BCUT2D eigenvalue weighted by atomic mass is 10.2. The Labute approximate surface area is 131 Å². The maximum Gasteiger partial charge on any atom is 0.258 e. The van der Waals surface area contributed by atoms with E-state index in [0.29, 0.717) is 23.1 Å². The number of anilines is 1. The Morgan fingerprint density at radius 2 is 1.95 bits per heavy atom. The van der Waals surface area contributed by atoms with Crippen LogP contribution in [0.5, 0.6) is 0 Å². The quantitative estimate of drug-likeness (QED) is 0.665. The van der Waals surface area contributed by atoms with Crippen LogP contribution in [0.2, 0.25) is 0 Å². The summed E-state index contributed by atoms with van der Waals surface area (Å²) in [4.78, 5) is 8.56. The number of halogens is 2. The lowest BCUT2D eigenvalue weighted by molar-refractivity contribution is 0.432. The van der Waals surface area contributed by atoms with Gasteiger partial charge in [-0.3, -0.25) is 4.98 Å². The predicted molar refractivity (Wildman–Crippen MR) is 82.8 cm³/mol. The van der Waals surface area contributed by atoms with Gasteiger partial charge in [-0.05, 0) is 62.2 Å². The van der Waals surface area contributed by atoms with E-state index in [1.165, 1.54) is 0 Å². The average Bonchev–Trinajstić information content (AvgIpc) is 2.92. The summed E-state index contributed by atoms with van der Waals surface area (Å²) in [6.45, 7) is 0. The zero-order valence-electron chi connectivity index (χ0n) is 10.0. The summed E-state index contributed by atoms with van der Waals surface area (Å²) >= 11 is 6.70. The molecule has 7 heteroatoms. The fourth-order valence-corrected chi connectivity index (χ4v) is 2.23. The minimum Gasteiger partial charge on any atom is -0.398 e. The molecule has 100 valence electrons. The summed E-state index contributed by atoms with van der Waals surface area (Å²) < 4.78 is 6.94. The molecule has 5 nitrogen and oxygen atoms in total. The summed E-state index contributed by atoms with van der Waals surface area (Å²) in [7, 11) is 0. The number of nitrogens with zero attached hydrogens (tertiary/aromatic N) is 3. The van der Waals surface area contributed by atoms with Crippen LogP contribution in [0.4, 0.5) is 5.69 Å². The van der Waals surface area contributed by atoms with Crippen molar-refractivity contribution in [2.45, 2.75) is 0 Å². The van der Waals surface area contributed by atoms with Crippen molar-refractivity contribution in [2.75, 3.05) is 5.73 Å². The number of aromatic nitrogens is 3. The number of hydrogen-bond acceptors (Lipinski definition) is 5. The highest BCUT2D eigenvalue weighted by Crippen LogP contribution is 2.27. The number of pyridine rings is 1. The molecule has 20 heavy (non-hydrogen) atoms. The molecule has 0 atom stereocenters. The standard InChI is InChI=1S/C13H8Br2N4O/c14-8-2-4-11(17-6-8)12-18-13(20-19-12)7-1-3-10(16)9(15)5-7/h1-6H,16H2. The van der Waals surface area contributed by atoms with E-state index in [2.05, 4.69) is 47.0 Å². The highest BCUT2D eigenvalue weighted by molar-refractivity contribution is 9.10. The fraction of sp³-hybridized carbons (Fsp3) is 0. The van der Waals surface area contributed by atoms with Crippen molar-refractivity contribution in [3.8, 4) is 23.0 Å². The minimum absolute atomic E-state index is 0.422. The maximum atomic E-state index is 5.75. The van der Waals surface area contributed by atoms with Gasteiger partial charge in [0.15, 0.2) is 0 Å². The van der Waals surface area contributed by atoms with E-state index in [1.807, 2.05) is 24.3 Å². The van der Waals surface area contributed by atoms with Crippen LogP contribution >= 0.6 is 31.9 Å². The Bertz CT molecular complexity index is 755. The molecule has 2 heterocycles. The molecule has 0 fully saturated rings. The molecule has 0 aliphatic rings. The van der Waals surface area contributed by atoms with Gasteiger partial charge < -0.3 is 10.3 Å². The van der Waals surface area contributed by atoms with Crippen LogP contribution in [0.15, 0.2) is 50.0 Å². The molecule has 0 saturated heterocycles. The number of rotatable bonds is 2. The van der Waals surface area contributed by atoms with Crippen molar-refractivity contribution in [1.82, 2.24) is 15.1 Å². The summed E-state index contributed by atoms with van der Waals surface area (Å²) in [5, 5.41) is 3.93. The number of nitrogens with two attached hydrogens (primary N) is 1. The molecule has 0 aliphatic carbocycles. The third-order valence-electron chi connectivity index (χ3n) is 2.63. The van der Waals surface area contributed by atoms with Crippen LogP contribution < -0.4 is 5.73 Å². The Hall–Kier alpha value is -1.73. The second-order valence-electron chi connectivity index (χ2n) is 4.02. The van der Waals surface area contributed by atoms with Crippen LogP contribution in [0, 0.1) is 0 Å². The highest BCUT2D eigenvalue weighted by Gasteiger charge is 2.12. The summed E-state index contributed by atoms with van der Waals surface area (Å²) in [6, 6.07) is 9.13. The third kappa shape index (κ3) is 2.59. The monoisotopic (exact) mass is 394 g/mol. The first-order chi connectivity index (χ1) is 9.63. The van der Waals surface area contributed by atoms with Gasteiger partial charge in [-0.25, -0.2) is 0 Å². The number of nitrogen functional groups attached to an aromatic ring is 1. The highest BCUT2D eigenvalue weighted by atomic mass is 79.9. The van der Waals surface area contributed by atoms with Gasteiger partial charge in [-0.15, -0.1) is 0 Å². The van der Waals surface area contributed by atoms with Crippen LogP contribution in [-0.2, 0) is 0 Å². The zero-order valence-corrected chi connectivity index (χ0v) is 13.2. The Balaban J connectivity index is 1.97. The molecule has 0 radical (unpaired) electrons. The average molecular weight is 396 g/mol. The molecule has 0 bridgehead atoms. The van der Waals surface area contributed by atoms with Crippen molar-refractivity contribution in [1.29, 1.82) is 0 Å². The molecule has 0 unspecified atom stereocenters. The molecule has 2 aromatic heterocycles. The van der Waals surface area contributed by atoms with Gasteiger partial charge in [0.25, 0.3) is 5.89 Å². The molecule has 0 spiro atoms. The lowest BCUT2D eigenvalue weighted by Gasteiger charge is -1.99. The van der Waals surface area contributed by atoms with Gasteiger partial charge in [-0.2, -0.15) is 4.98 Å². The van der Waals surface area contributed by atoms with E-state index < -0.39 is 0 Å². The summed E-state index contributed by atoms with van der Waals surface area (Å²) in [6.07, 6.45) is 1.69. The molecule has 2 N–H and O–H groups in total. The van der Waals surface area contributed by atoms with E-state index in [-0.39, 0.29) is 0 Å². The summed E-state index contributed by atoms with van der Waals surface area (Å²) in [5.41, 5.74) is 7.85. The van der Waals surface area contributed by atoms with Crippen molar-refractivity contribution in [2.24, 2.45) is 0 Å². The largest absolute Gasteiger partial charge is 0.398 e. The van der Waals surface area contributed by atoms with Crippen LogP contribution in [0.3, 0.4) is 0 Å². The maximum absolute atomic E-state index is 5.75. The van der Waals surface area contributed by atoms with Gasteiger partial charge in [0.1, 0.15) is 5.69 Å². The molecule has 0 saturated carbocycles. The first-order valence-electron chi connectivity index (χ1n) is 5.64. The zero-order chi connectivity index (χ0) is 14.1. The smallest absolute Gasteiger partial charge is 0.258 e. The van der Waals surface area contributed by atoms with Crippen molar-refractivity contribution in [3.05, 3.63) is 45.5 Å². The Kier molecular flexibility index (Phi) is 3.54. The molecule has 0 amide bonds. The fourth-order valence-electron chi connectivity index (χ4n) is 1.61. The van der Waals surface area contributed by atoms with Gasteiger partial charge in [0, 0.05) is 26.4 Å². The Morgan fingerprint density at radius 1 is 1.10 bits per heavy atom. The second-order valence-corrected chi connectivity index (χ2v) is 5.79. The van der Waals surface area contributed by atoms with Gasteiger partial charge in [-0.1, -0.05) is 5.16 Å². The Morgan fingerprint density at radius 3 is 2.65 bits per heavy atom. The first kappa shape index (κ1) is 13.3. The van der Waals surface area contributed by atoms with Crippen LogP contribution in [0.25, 0.3) is 23.0 Å². The van der Waals surface area contributed by atoms with Gasteiger partial charge in [0.2, 0.25) is 5.82 Å². The SMILES string of the molecule is Nc1ccc(-c2nc(-c3ccc(Br)cn3)no2)cc1Br. The third-order valence-corrected chi connectivity index (χ3v) is 3.79. The normalized spacial score (nSPS) is 10.7. The lowest BCUT2D eigenvalue weighted by Crippen LogP contribution is -1.87. The number of hydrogen-bond donors (Lipinski definition) is 1. The second kappa shape index (κ2) is 5.34. The first-order valence-corrected chi connectivity index (χ1v) is 7.23. The van der Waals surface area contributed by atoms with Gasteiger partial charge in [0.05, 0.1) is 0 Å². The molecule has 0 aliphatic heterocycles. The molecule has 3 rings (SSSR count). The van der Waals surface area contributed by atoms with E-state index in [1.54, 1.807) is 12.3 Å². The molecular weight excluding hydrogens is 388 g/mol. The van der Waals surface area contributed by atoms with E-state index in [4.69, 9.17) is 10.3 Å².